The van der Waals surface area contributed by atoms with Gasteiger partial charge in [0.1, 0.15) is 11.6 Å². The smallest absolute Gasteiger partial charge is 0.243 e. The summed E-state index contributed by atoms with van der Waals surface area (Å²) in [6, 6.07) is 11.0. The highest BCUT2D eigenvalue weighted by Gasteiger charge is 2.46. The van der Waals surface area contributed by atoms with Gasteiger partial charge >= 0.3 is 0 Å². The van der Waals surface area contributed by atoms with Gasteiger partial charge in [0, 0.05) is 0 Å². The molecule has 0 unspecified atom stereocenters. The topological polar surface area (TPSA) is 82.0 Å². The van der Waals surface area contributed by atoms with Gasteiger partial charge in [-0.3, -0.25) is 9.59 Å². The summed E-state index contributed by atoms with van der Waals surface area (Å²) in [6.07, 6.45) is 1.88. The van der Waals surface area contributed by atoms with Crippen LogP contribution >= 0.6 is 0 Å². The van der Waals surface area contributed by atoms with Gasteiger partial charge in [0.2, 0.25) is 11.8 Å². The summed E-state index contributed by atoms with van der Waals surface area (Å²) in [5.41, 5.74) is -0.582. The fraction of sp³-hybridized carbons (Fsp3) is 0.550. The molecule has 134 valence electrons. The first-order chi connectivity index (χ1) is 11.7. The van der Waals surface area contributed by atoms with Crippen LogP contribution in [-0.4, -0.2) is 23.4 Å². The van der Waals surface area contributed by atoms with Crippen molar-refractivity contribution in [2.75, 3.05) is 0 Å². The summed E-state index contributed by atoms with van der Waals surface area (Å²) in [5.74, 6) is -0.223. The second-order valence-electron chi connectivity index (χ2n) is 7.83. The fourth-order valence-electron chi connectivity index (χ4n) is 2.74. The van der Waals surface area contributed by atoms with Gasteiger partial charge in [-0.2, -0.15) is 5.26 Å². The molecule has 0 heterocycles. The van der Waals surface area contributed by atoms with Gasteiger partial charge < -0.3 is 10.6 Å². The number of hydrogen-bond acceptors (Lipinski definition) is 3. The first-order valence-corrected chi connectivity index (χ1v) is 8.80. The first-order valence-electron chi connectivity index (χ1n) is 8.80. The Labute approximate surface area is 149 Å². The van der Waals surface area contributed by atoms with Crippen molar-refractivity contribution in [3.05, 3.63) is 35.9 Å². The number of carbonyl (C=O) groups is 2. The van der Waals surface area contributed by atoms with Crippen LogP contribution in [0.15, 0.2) is 30.3 Å². The van der Waals surface area contributed by atoms with Crippen LogP contribution in [0.1, 0.15) is 52.5 Å². The van der Waals surface area contributed by atoms with Gasteiger partial charge in [-0.05, 0) is 44.6 Å². The molecule has 5 heteroatoms. The van der Waals surface area contributed by atoms with Gasteiger partial charge in [-0.25, -0.2) is 0 Å². The van der Waals surface area contributed by atoms with Crippen molar-refractivity contribution in [3.8, 4) is 6.07 Å². The van der Waals surface area contributed by atoms with Crippen LogP contribution in [0.5, 0.6) is 0 Å². The Morgan fingerprint density at radius 1 is 1.24 bits per heavy atom. The highest BCUT2D eigenvalue weighted by molar-refractivity contribution is 5.93. The van der Waals surface area contributed by atoms with Crippen LogP contribution in [0, 0.1) is 17.2 Å². The minimum Gasteiger partial charge on any atom is -0.344 e. The number of amides is 2. The Kier molecular flexibility index (Phi) is 5.52. The Bertz CT molecular complexity index is 670. The second kappa shape index (κ2) is 7.26. The number of hydrogen-bond donors (Lipinski definition) is 2. The van der Waals surface area contributed by atoms with Crippen LogP contribution in [0.2, 0.25) is 0 Å². The van der Waals surface area contributed by atoms with Gasteiger partial charge in [-0.1, -0.05) is 44.2 Å². The first kappa shape index (κ1) is 19.0. The molecular weight excluding hydrogens is 314 g/mol. The van der Waals surface area contributed by atoms with Gasteiger partial charge in [0.05, 0.1) is 11.5 Å². The highest BCUT2D eigenvalue weighted by atomic mass is 16.2. The molecule has 5 nitrogen and oxygen atoms in total. The van der Waals surface area contributed by atoms with Crippen LogP contribution in [-0.2, 0) is 15.0 Å². The lowest BCUT2D eigenvalue weighted by molar-refractivity contribution is -0.132. The molecule has 1 aromatic carbocycles. The summed E-state index contributed by atoms with van der Waals surface area (Å²) in [4.78, 5) is 25.5. The van der Waals surface area contributed by atoms with Gasteiger partial charge in [0.25, 0.3) is 0 Å². The molecule has 0 bridgehead atoms. The molecule has 2 rings (SSSR count). The quantitative estimate of drug-likeness (QED) is 0.800. The minimum atomic E-state index is -0.747. The van der Waals surface area contributed by atoms with E-state index in [1.807, 2.05) is 58.0 Å². The molecule has 1 saturated carbocycles. The van der Waals surface area contributed by atoms with Crippen molar-refractivity contribution in [2.45, 2.75) is 64.0 Å². The highest BCUT2D eigenvalue weighted by Crippen LogP contribution is 2.34. The standard InChI is InChI=1S/C20H27N3O2/c1-14(2)12-16(17(24)23-20(13-21)10-11-20)22-18(25)19(3,4)15-8-6-5-7-9-15/h5-9,14,16H,10-12H2,1-4H3,(H,22,25)(H,23,24)/t16-/m0/s1. The third-order valence-electron chi connectivity index (χ3n) is 4.72. The number of nitrogens with zero attached hydrogens (tertiary/aromatic N) is 1. The van der Waals surface area contributed by atoms with E-state index in [9.17, 15) is 14.9 Å². The fourth-order valence-corrected chi connectivity index (χ4v) is 2.74. The molecule has 1 aliphatic rings. The summed E-state index contributed by atoms with van der Waals surface area (Å²) in [7, 11) is 0. The lowest BCUT2D eigenvalue weighted by Crippen LogP contribution is -2.54. The number of carbonyl (C=O) groups excluding carboxylic acids is 2. The molecule has 2 amide bonds. The number of nitriles is 1. The molecule has 1 atom stereocenters. The Hall–Kier alpha value is -2.35. The molecule has 1 fully saturated rings. The molecule has 0 spiro atoms. The average Bonchev–Trinajstić information content (AvgIpc) is 3.34. The van der Waals surface area contributed by atoms with E-state index in [0.29, 0.717) is 19.3 Å². The maximum Gasteiger partial charge on any atom is 0.243 e. The van der Waals surface area contributed by atoms with E-state index in [-0.39, 0.29) is 17.7 Å². The molecule has 1 aliphatic carbocycles. The normalized spacial score (nSPS) is 16.6. The van der Waals surface area contributed by atoms with Crippen molar-refractivity contribution < 1.29 is 9.59 Å². The maximum absolute atomic E-state index is 12.9. The van der Waals surface area contributed by atoms with E-state index in [1.165, 1.54) is 0 Å². The molecule has 0 radical (unpaired) electrons. The van der Waals surface area contributed by atoms with Crippen molar-refractivity contribution in [1.82, 2.24) is 10.6 Å². The third-order valence-corrected chi connectivity index (χ3v) is 4.72. The van der Waals surface area contributed by atoms with E-state index >= 15 is 0 Å². The van der Waals surface area contributed by atoms with E-state index in [0.717, 1.165) is 5.56 Å². The predicted octanol–water partition coefficient (Wildman–Crippen LogP) is 2.67. The number of nitrogens with one attached hydrogen (secondary N) is 2. The molecule has 0 aromatic heterocycles. The lowest BCUT2D eigenvalue weighted by Gasteiger charge is -2.28. The molecule has 2 N–H and O–H groups in total. The van der Waals surface area contributed by atoms with Gasteiger partial charge in [0.15, 0.2) is 0 Å². The zero-order valence-electron chi connectivity index (χ0n) is 15.4. The van der Waals surface area contributed by atoms with Crippen LogP contribution < -0.4 is 10.6 Å². The molecular formula is C20H27N3O2. The summed E-state index contributed by atoms with van der Waals surface area (Å²) < 4.78 is 0. The molecule has 0 aliphatic heterocycles. The molecule has 0 saturated heterocycles. The SMILES string of the molecule is CC(C)C[C@H](NC(=O)C(C)(C)c1ccccc1)C(=O)NC1(C#N)CC1. The van der Waals surface area contributed by atoms with Crippen molar-refractivity contribution >= 4 is 11.8 Å². The second-order valence-corrected chi connectivity index (χ2v) is 7.83. The van der Waals surface area contributed by atoms with E-state index < -0.39 is 17.0 Å². The van der Waals surface area contributed by atoms with Crippen molar-refractivity contribution in [3.63, 3.8) is 0 Å². The van der Waals surface area contributed by atoms with Crippen LogP contribution in [0.3, 0.4) is 0 Å². The third kappa shape index (κ3) is 4.60. The Balaban J connectivity index is 2.12. The summed E-state index contributed by atoms with van der Waals surface area (Å²) in [5, 5.41) is 14.9. The van der Waals surface area contributed by atoms with E-state index in [1.54, 1.807) is 0 Å². The van der Waals surface area contributed by atoms with E-state index in [2.05, 4.69) is 16.7 Å². The minimum absolute atomic E-state index is 0.193. The molecule has 25 heavy (non-hydrogen) atoms. The van der Waals surface area contributed by atoms with Gasteiger partial charge in [-0.15, -0.1) is 0 Å². The Morgan fingerprint density at radius 2 is 1.84 bits per heavy atom. The van der Waals surface area contributed by atoms with E-state index in [4.69, 9.17) is 0 Å². The average molecular weight is 341 g/mol. The van der Waals surface area contributed by atoms with Crippen LogP contribution in [0.25, 0.3) is 0 Å². The largest absolute Gasteiger partial charge is 0.344 e. The summed E-state index contributed by atoms with van der Waals surface area (Å²) in [6.45, 7) is 7.71. The lowest BCUT2D eigenvalue weighted by atomic mass is 9.83. The zero-order valence-corrected chi connectivity index (χ0v) is 15.4. The monoisotopic (exact) mass is 341 g/mol. The van der Waals surface area contributed by atoms with Crippen molar-refractivity contribution in [2.24, 2.45) is 5.92 Å². The zero-order chi connectivity index (χ0) is 18.7. The number of rotatable bonds is 7. The van der Waals surface area contributed by atoms with Crippen LogP contribution in [0.4, 0.5) is 0 Å². The maximum atomic E-state index is 12.9. The summed E-state index contributed by atoms with van der Waals surface area (Å²) >= 11 is 0. The Morgan fingerprint density at radius 3 is 2.32 bits per heavy atom. The molecule has 1 aromatic rings. The predicted molar refractivity (Wildman–Crippen MR) is 96.6 cm³/mol. The number of benzene rings is 1. The van der Waals surface area contributed by atoms with Crippen molar-refractivity contribution in [1.29, 1.82) is 5.26 Å².